The van der Waals surface area contributed by atoms with Crippen molar-refractivity contribution in [3.8, 4) is 0 Å². The molecule has 1 aromatic heterocycles. The molecule has 2 rings (SSSR count). The summed E-state index contributed by atoms with van der Waals surface area (Å²) >= 11 is 0. The van der Waals surface area contributed by atoms with E-state index in [1.165, 1.54) is 0 Å². The molecule has 0 spiro atoms. The third-order valence-corrected chi connectivity index (χ3v) is 2.14. The molecular formula is C8H11N3O2. The van der Waals surface area contributed by atoms with E-state index in [4.69, 9.17) is 10.3 Å². The molecule has 1 saturated heterocycles. The maximum atomic E-state index is 11.4. The van der Waals surface area contributed by atoms with E-state index in [1.807, 2.05) is 0 Å². The fraction of sp³-hybridized carbons (Fsp3) is 0.500. The van der Waals surface area contributed by atoms with Crippen LogP contribution in [-0.4, -0.2) is 23.7 Å². The minimum Gasteiger partial charge on any atom is -0.360 e. The molecule has 0 saturated carbocycles. The van der Waals surface area contributed by atoms with Crippen molar-refractivity contribution >= 4 is 11.7 Å². The third-order valence-electron chi connectivity index (χ3n) is 2.14. The number of aromatic nitrogens is 1. The fourth-order valence-electron chi connectivity index (χ4n) is 1.41. The van der Waals surface area contributed by atoms with Crippen molar-refractivity contribution in [3.05, 3.63) is 11.8 Å². The normalized spacial score (nSPS) is 22.8. The van der Waals surface area contributed by atoms with E-state index in [0.717, 1.165) is 0 Å². The van der Waals surface area contributed by atoms with Gasteiger partial charge in [-0.1, -0.05) is 5.16 Å². The van der Waals surface area contributed by atoms with Crippen LogP contribution in [0.15, 0.2) is 10.6 Å². The number of rotatable bonds is 1. The average molecular weight is 181 g/mol. The van der Waals surface area contributed by atoms with Gasteiger partial charge in [0.1, 0.15) is 5.76 Å². The Hall–Kier alpha value is -1.36. The number of hydrogen-bond donors (Lipinski definition) is 1. The van der Waals surface area contributed by atoms with Gasteiger partial charge >= 0.3 is 0 Å². The molecule has 1 unspecified atom stereocenters. The van der Waals surface area contributed by atoms with Gasteiger partial charge in [-0.25, -0.2) is 0 Å². The molecular weight excluding hydrogens is 170 g/mol. The molecule has 5 heteroatoms. The lowest BCUT2D eigenvalue weighted by molar-refractivity contribution is -0.118. The van der Waals surface area contributed by atoms with Crippen molar-refractivity contribution in [2.24, 2.45) is 5.73 Å². The highest BCUT2D eigenvalue weighted by atomic mass is 16.5. The Kier molecular flexibility index (Phi) is 1.81. The Morgan fingerprint density at radius 3 is 3.00 bits per heavy atom. The van der Waals surface area contributed by atoms with Crippen molar-refractivity contribution in [1.82, 2.24) is 5.16 Å². The Labute approximate surface area is 75.5 Å². The van der Waals surface area contributed by atoms with Crippen LogP contribution in [-0.2, 0) is 4.79 Å². The zero-order chi connectivity index (χ0) is 9.42. The summed E-state index contributed by atoms with van der Waals surface area (Å²) in [4.78, 5) is 13.0. The van der Waals surface area contributed by atoms with Gasteiger partial charge in [-0.3, -0.25) is 9.69 Å². The number of nitrogens with zero attached hydrogens (tertiary/aromatic N) is 2. The quantitative estimate of drug-likeness (QED) is 0.664. The van der Waals surface area contributed by atoms with Gasteiger partial charge in [-0.2, -0.15) is 0 Å². The van der Waals surface area contributed by atoms with E-state index in [-0.39, 0.29) is 11.9 Å². The second-order valence-electron chi connectivity index (χ2n) is 3.18. The highest BCUT2D eigenvalue weighted by molar-refractivity contribution is 5.98. The topological polar surface area (TPSA) is 72.4 Å². The van der Waals surface area contributed by atoms with E-state index in [9.17, 15) is 4.79 Å². The first kappa shape index (κ1) is 8.25. The minimum absolute atomic E-state index is 0.0756. The Morgan fingerprint density at radius 2 is 2.54 bits per heavy atom. The van der Waals surface area contributed by atoms with Gasteiger partial charge in [0.2, 0.25) is 5.91 Å². The van der Waals surface area contributed by atoms with Crippen molar-refractivity contribution in [3.63, 3.8) is 0 Å². The van der Waals surface area contributed by atoms with Crippen LogP contribution in [0.1, 0.15) is 12.2 Å². The second-order valence-corrected chi connectivity index (χ2v) is 3.18. The van der Waals surface area contributed by atoms with Crippen molar-refractivity contribution < 1.29 is 9.32 Å². The Bertz CT molecular complexity index is 334. The molecule has 1 aliphatic heterocycles. The molecule has 13 heavy (non-hydrogen) atoms. The molecule has 1 amide bonds. The minimum atomic E-state index is -0.378. The number of amides is 1. The summed E-state index contributed by atoms with van der Waals surface area (Å²) in [5.74, 6) is 1.19. The number of carbonyl (C=O) groups excluding carboxylic acids is 1. The molecule has 5 nitrogen and oxygen atoms in total. The number of anilines is 1. The summed E-state index contributed by atoms with van der Waals surface area (Å²) in [7, 11) is 0. The zero-order valence-electron chi connectivity index (χ0n) is 7.36. The van der Waals surface area contributed by atoms with E-state index < -0.39 is 0 Å². The lowest BCUT2D eigenvalue weighted by Crippen LogP contribution is -2.34. The lowest BCUT2D eigenvalue weighted by Gasteiger charge is -2.10. The Balaban J connectivity index is 2.23. The predicted octanol–water partition coefficient (Wildman–Crippen LogP) is 0.0470. The summed E-state index contributed by atoms with van der Waals surface area (Å²) in [6.45, 7) is 2.42. The standard InChI is InChI=1S/C8H11N3O2/c1-5-4-7(10-13-5)11-3-2-6(9)8(11)12/h4,6H,2-3,9H2,1H3. The molecule has 0 aromatic carbocycles. The first-order valence-electron chi connectivity index (χ1n) is 4.19. The van der Waals surface area contributed by atoms with Crippen LogP contribution in [0.3, 0.4) is 0 Å². The van der Waals surface area contributed by atoms with Crippen LogP contribution < -0.4 is 10.6 Å². The Morgan fingerprint density at radius 1 is 1.77 bits per heavy atom. The molecule has 1 aromatic rings. The number of aryl methyl sites for hydroxylation is 1. The zero-order valence-corrected chi connectivity index (χ0v) is 7.36. The van der Waals surface area contributed by atoms with E-state index >= 15 is 0 Å². The van der Waals surface area contributed by atoms with Crippen molar-refractivity contribution in [2.75, 3.05) is 11.4 Å². The third kappa shape index (κ3) is 1.31. The van der Waals surface area contributed by atoms with Gasteiger partial charge < -0.3 is 10.3 Å². The van der Waals surface area contributed by atoms with E-state index in [2.05, 4.69) is 5.16 Å². The molecule has 0 bridgehead atoms. The molecule has 70 valence electrons. The molecule has 1 atom stereocenters. The van der Waals surface area contributed by atoms with Crippen LogP contribution in [0.25, 0.3) is 0 Å². The monoisotopic (exact) mass is 181 g/mol. The van der Waals surface area contributed by atoms with Crippen LogP contribution in [0.5, 0.6) is 0 Å². The van der Waals surface area contributed by atoms with Gasteiger partial charge in [-0.05, 0) is 13.3 Å². The summed E-state index contributed by atoms with van der Waals surface area (Å²) < 4.78 is 4.88. The first-order valence-corrected chi connectivity index (χ1v) is 4.19. The van der Waals surface area contributed by atoms with Crippen molar-refractivity contribution in [2.45, 2.75) is 19.4 Å². The van der Waals surface area contributed by atoms with Gasteiger partial charge in [0.05, 0.1) is 6.04 Å². The van der Waals surface area contributed by atoms with Gasteiger partial charge in [0, 0.05) is 12.6 Å². The van der Waals surface area contributed by atoms with Gasteiger partial charge in [-0.15, -0.1) is 0 Å². The summed E-state index contributed by atoms with van der Waals surface area (Å²) in [5.41, 5.74) is 5.56. The first-order chi connectivity index (χ1) is 6.18. The van der Waals surface area contributed by atoms with Crippen LogP contribution in [0.4, 0.5) is 5.82 Å². The maximum absolute atomic E-state index is 11.4. The second kappa shape index (κ2) is 2.85. The van der Waals surface area contributed by atoms with Crippen LogP contribution >= 0.6 is 0 Å². The molecule has 2 N–H and O–H groups in total. The van der Waals surface area contributed by atoms with E-state index in [1.54, 1.807) is 17.9 Å². The van der Waals surface area contributed by atoms with Crippen LogP contribution in [0, 0.1) is 6.92 Å². The number of nitrogens with two attached hydrogens (primary N) is 1. The van der Waals surface area contributed by atoms with Crippen molar-refractivity contribution in [1.29, 1.82) is 0 Å². The largest absolute Gasteiger partial charge is 0.360 e. The molecule has 0 aliphatic carbocycles. The highest BCUT2D eigenvalue weighted by Gasteiger charge is 2.31. The van der Waals surface area contributed by atoms with Gasteiger partial charge in [0.15, 0.2) is 5.82 Å². The maximum Gasteiger partial charge on any atom is 0.245 e. The van der Waals surface area contributed by atoms with Crippen LogP contribution in [0.2, 0.25) is 0 Å². The summed E-state index contributed by atoms with van der Waals surface area (Å²) in [6.07, 6.45) is 0.685. The average Bonchev–Trinajstić information content (AvgIpc) is 2.62. The molecule has 0 radical (unpaired) electrons. The van der Waals surface area contributed by atoms with E-state index in [0.29, 0.717) is 24.5 Å². The highest BCUT2D eigenvalue weighted by Crippen LogP contribution is 2.19. The van der Waals surface area contributed by atoms with Gasteiger partial charge in [0.25, 0.3) is 0 Å². The predicted molar refractivity (Wildman–Crippen MR) is 46.2 cm³/mol. The lowest BCUT2D eigenvalue weighted by atomic mass is 10.3. The summed E-state index contributed by atoms with van der Waals surface area (Å²) in [5, 5.41) is 3.76. The fourth-order valence-corrected chi connectivity index (χ4v) is 1.41. The SMILES string of the molecule is Cc1cc(N2CCC(N)C2=O)no1. The number of hydrogen-bond acceptors (Lipinski definition) is 4. The molecule has 2 heterocycles. The molecule has 1 fully saturated rings. The number of carbonyl (C=O) groups is 1. The smallest absolute Gasteiger partial charge is 0.245 e. The summed E-state index contributed by atoms with van der Waals surface area (Å²) in [6, 6.07) is 1.35. The molecule has 1 aliphatic rings.